The smallest absolute Gasteiger partial charge is 0.328 e. The summed E-state index contributed by atoms with van der Waals surface area (Å²) in [7, 11) is 1.43. The summed E-state index contributed by atoms with van der Waals surface area (Å²) in [6.07, 6.45) is 3.82. The van der Waals surface area contributed by atoms with E-state index in [1.54, 1.807) is 0 Å². The van der Waals surface area contributed by atoms with Gasteiger partial charge in [-0.2, -0.15) is 0 Å². The van der Waals surface area contributed by atoms with Crippen LogP contribution in [0.1, 0.15) is 39.5 Å². The first-order chi connectivity index (χ1) is 8.95. The van der Waals surface area contributed by atoms with Crippen LogP contribution in [0.15, 0.2) is 0 Å². The molecule has 0 heterocycles. The van der Waals surface area contributed by atoms with Gasteiger partial charge in [0.1, 0.15) is 0 Å². The van der Waals surface area contributed by atoms with E-state index in [1.165, 1.54) is 7.11 Å². The highest BCUT2D eigenvalue weighted by atomic mass is 16.5. The van der Waals surface area contributed by atoms with Crippen molar-refractivity contribution in [1.82, 2.24) is 5.32 Å². The minimum atomic E-state index is -1.05. The Balaban J connectivity index is 2.44. The Morgan fingerprint density at radius 1 is 1.26 bits per heavy atom. The standard InChI is InChI=1S/C14H25NO4/c1-9(2)10-4-6-11(7-5-10)13(16)15-12(8-19-3)14(17)18/h9-12H,4-8H2,1-3H3,(H,15,16)(H,17,18). The number of amides is 1. The van der Waals surface area contributed by atoms with E-state index in [0.29, 0.717) is 11.8 Å². The Bertz CT molecular complexity index is 309. The van der Waals surface area contributed by atoms with Crippen molar-refractivity contribution in [2.75, 3.05) is 13.7 Å². The highest BCUT2D eigenvalue weighted by molar-refractivity contribution is 5.85. The number of nitrogens with one attached hydrogen (secondary N) is 1. The Labute approximate surface area is 114 Å². The van der Waals surface area contributed by atoms with E-state index >= 15 is 0 Å². The lowest BCUT2D eigenvalue weighted by molar-refractivity contribution is -0.144. The van der Waals surface area contributed by atoms with Gasteiger partial charge in [-0.05, 0) is 37.5 Å². The molecule has 1 aliphatic rings. The third-order valence-corrected chi connectivity index (χ3v) is 4.03. The second-order valence-electron chi connectivity index (χ2n) is 5.71. The molecule has 2 N–H and O–H groups in total. The lowest BCUT2D eigenvalue weighted by atomic mass is 9.76. The quantitative estimate of drug-likeness (QED) is 0.770. The number of hydrogen-bond donors (Lipinski definition) is 2. The summed E-state index contributed by atoms with van der Waals surface area (Å²) >= 11 is 0. The molecule has 0 aromatic carbocycles. The number of rotatable bonds is 6. The molecule has 1 saturated carbocycles. The van der Waals surface area contributed by atoms with Crippen molar-refractivity contribution in [3.63, 3.8) is 0 Å². The number of ether oxygens (including phenoxy) is 1. The van der Waals surface area contributed by atoms with Gasteiger partial charge in [0.15, 0.2) is 6.04 Å². The van der Waals surface area contributed by atoms with Crippen LogP contribution >= 0.6 is 0 Å². The van der Waals surface area contributed by atoms with Crippen LogP contribution in [0.25, 0.3) is 0 Å². The lowest BCUT2D eigenvalue weighted by Crippen LogP contribution is -2.46. The topological polar surface area (TPSA) is 75.6 Å². The fraction of sp³-hybridized carbons (Fsp3) is 0.857. The molecule has 5 nitrogen and oxygen atoms in total. The summed E-state index contributed by atoms with van der Waals surface area (Å²) in [5.74, 6) is 0.106. The fourth-order valence-electron chi connectivity index (χ4n) is 2.68. The van der Waals surface area contributed by atoms with Crippen molar-refractivity contribution in [1.29, 1.82) is 0 Å². The number of aliphatic carboxylic acids is 1. The zero-order valence-electron chi connectivity index (χ0n) is 12.0. The van der Waals surface area contributed by atoms with Crippen molar-refractivity contribution >= 4 is 11.9 Å². The molecule has 19 heavy (non-hydrogen) atoms. The largest absolute Gasteiger partial charge is 0.480 e. The van der Waals surface area contributed by atoms with Crippen LogP contribution in [-0.4, -0.2) is 36.7 Å². The van der Waals surface area contributed by atoms with E-state index in [-0.39, 0.29) is 18.4 Å². The van der Waals surface area contributed by atoms with Gasteiger partial charge in [-0.15, -0.1) is 0 Å². The summed E-state index contributed by atoms with van der Waals surface area (Å²) in [4.78, 5) is 23.0. The molecule has 0 saturated heterocycles. The maximum Gasteiger partial charge on any atom is 0.328 e. The van der Waals surface area contributed by atoms with E-state index < -0.39 is 12.0 Å². The van der Waals surface area contributed by atoms with Gasteiger partial charge >= 0.3 is 5.97 Å². The second-order valence-corrected chi connectivity index (χ2v) is 5.71. The first-order valence-corrected chi connectivity index (χ1v) is 6.97. The van der Waals surface area contributed by atoms with Crippen molar-refractivity contribution in [3.05, 3.63) is 0 Å². The van der Waals surface area contributed by atoms with Gasteiger partial charge in [-0.1, -0.05) is 13.8 Å². The van der Waals surface area contributed by atoms with Crippen LogP contribution in [0, 0.1) is 17.8 Å². The molecule has 0 radical (unpaired) electrons. The molecule has 110 valence electrons. The number of carbonyl (C=O) groups is 2. The maximum atomic E-state index is 12.0. The van der Waals surface area contributed by atoms with E-state index in [1.807, 2.05) is 0 Å². The average molecular weight is 271 g/mol. The first kappa shape index (κ1) is 16.0. The Kier molecular flexibility index (Phi) is 6.28. The molecule has 1 amide bonds. The average Bonchev–Trinajstić information content (AvgIpc) is 2.38. The molecule has 1 rings (SSSR count). The fourth-order valence-corrected chi connectivity index (χ4v) is 2.68. The highest BCUT2D eigenvalue weighted by Gasteiger charge is 2.30. The van der Waals surface area contributed by atoms with Gasteiger partial charge in [0.05, 0.1) is 6.61 Å². The summed E-state index contributed by atoms with van der Waals surface area (Å²) < 4.78 is 4.81. The zero-order valence-corrected chi connectivity index (χ0v) is 12.0. The molecule has 1 atom stereocenters. The van der Waals surface area contributed by atoms with Crippen LogP contribution < -0.4 is 5.32 Å². The molecule has 1 aliphatic carbocycles. The molecule has 5 heteroatoms. The predicted molar refractivity (Wildman–Crippen MR) is 71.7 cm³/mol. The van der Waals surface area contributed by atoms with Crippen LogP contribution in [-0.2, 0) is 14.3 Å². The molecule has 1 fully saturated rings. The third kappa shape index (κ3) is 4.82. The normalized spacial score (nSPS) is 25.1. The molecule has 1 unspecified atom stereocenters. The number of methoxy groups -OCH3 is 1. The van der Waals surface area contributed by atoms with Gasteiger partial charge in [0.2, 0.25) is 5.91 Å². The Morgan fingerprint density at radius 2 is 1.84 bits per heavy atom. The lowest BCUT2D eigenvalue weighted by Gasteiger charge is -2.30. The number of hydrogen-bond acceptors (Lipinski definition) is 3. The van der Waals surface area contributed by atoms with Crippen LogP contribution in [0.3, 0.4) is 0 Å². The second kappa shape index (κ2) is 7.48. The molecular weight excluding hydrogens is 246 g/mol. The van der Waals surface area contributed by atoms with E-state index in [4.69, 9.17) is 9.84 Å². The van der Waals surface area contributed by atoms with Crippen LogP contribution in [0.5, 0.6) is 0 Å². The van der Waals surface area contributed by atoms with E-state index in [0.717, 1.165) is 25.7 Å². The molecule has 0 aliphatic heterocycles. The monoisotopic (exact) mass is 271 g/mol. The number of carboxylic acid groups (broad SMARTS) is 1. The summed E-state index contributed by atoms with van der Waals surface area (Å²) in [5.41, 5.74) is 0. The molecule has 0 aromatic rings. The minimum absolute atomic E-state index is 0.00239. The van der Waals surface area contributed by atoms with Gasteiger partial charge in [0, 0.05) is 13.0 Å². The first-order valence-electron chi connectivity index (χ1n) is 6.97. The van der Waals surface area contributed by atoms with Crippen molar-refractivity contribution in [3.8, 4) is 0 Å². The van der Waals surface area contributed by atoms with E-state index in [2.05, 4.69) is 19.2 Å². The van der Waals surface area contributed by atoms with Crippen molar-refractivity contribution < 1.29 is 19.4 Å². The highest BCUT2D eigenvalue weighted by Crippen LogP contribution is 2.33. The minimum Gasteiger partial charge on any atom is -0.480 e. The molecule has 0 bridgehead atoms. The SMILES string of the molecule is COCC(NC(=O)C1CCC(C(C)C)CC1)C(=O)O. The van der Waals surface area contributed by atoms with Crippen LogP contribution in [0.2, 0.25) is 0 Å². The Morgan fingerprint density at radius 3 is 2.26 bits per heavy atom. The molecule has 0 spiro atoms. The van der Waals surface area contributed by atoms with Crippen molar-refractivity contribution in [2.24, 2.45) is 17.8 Å². The van der Waals surface area contributed by atoms with Crippen LogP contribution in [0.4, 0.5) is 0 Å². The molecular formula is C14H25NO4. The van der Waals surface area contributed by atoms with Gasteiger partial charge in [-0.25, -0.2) is 4.79 Å². The predicted octanol–water partition coefficient (Wildman–Crippen LogP) is 1.66. The third-order valence-electron chi connectivity index (χ3n) is 4.03. The summed E-state index contributed by atoms with van der Waals surface area (Å²) in [6.45, 7) is 4.43. The van der Waals surface area contributed by atoms with Gasteiger partial charge in [0.25, 0.3) is 0 Å². The summed E-state index contributed by atoms with van der Waals surface area (Å²) in [5, 5.41) is 11.5. The molecule has 0 aromatic heterocycles. The Hall–Kier alpha value is -1.10. The maximum absolute atomic E-state index is 12.0. The van der Waals surface area contributed by atoms with E-state index in [9.17, 15) is 9.59 Å². The van der Waals surface area contributed by atoms with Crippen molar-refractivity contribution in [2.45, 2.75) is 45.6 Å². The van der Waals surface area contributed by atoms with Gasteiger partial charge < -0.3 is 15.2 Å². The zero-order chi connectivity index (χ0) is 14.4. The summed E-state index contributed by atoms with van der Waals surface area (Å²) in [6, 6.07) is -0.944. The number of carboxylic acids is 1. The van der Waals surface area contributed by atoms with Gasteiger partial charge in [-0.3, -0.25) is 4.79 Å². The number of carbonyl (C=O) groups excluding carboxylic acids is 1.